The Morgan fingerprint density at radius 3 is 2.61 bits per heavy atom. The molecule has 5 nitrogen and oxygen atoms in total. The van der Waals surface area contributed by atoms with Crippen LogP contribution in [0.3, 0.4) is 0 Å². The Bertz CT molecular complexity index is 1210. The Morgan fingerprint density at radius 2 is 1.85 bits per heavy atom. The number of hydrogen-bond acceptors (Lipinski definition) is 4. The maximum Gasteiger partial charge on any atom is 0.305 e. The van der Waals surface area contributed by atoms with Gasteiger partial charge in [-0.25, -0.2) is 4.39 Å². The van der Waals surface area contributed by atoms with E-state index in [0.717, 1.165) is 5.56 Å². The number of nitrogens with zero attached hydrogens (tertiary/aromatic N) is 2. The first-order chi connectivity index (χ1) is 16.0. The fourth-order valence-electron chi connectivity index (χ4n) is 3.66. The molecular weight excluding hydrogens is 441 g/mol. The van der Waals surface area contributed by atoms with Crippen LogP contribution in [0.5, 0.6) is 0 Å². The van der Waals surface area contributed by atoms with Gasteiger partial charge in [-0.3, -0.25) is 14.8 Å². The minimum Gasteiger partial charge on any atom is -0.469 e. The first kappa shape index (κ1) is 22.7. The van der Waals surface area contributed by atoms with Crippen LogP contribution in [-0.2, 0) is 16.1 Å². The standard InChI is InChI=1S/C26H23ClFN3O2/c1-33-24(32)14-13-23-26(29-16-17-7-3-2-4-8-17)31-22-12-11-18(27)15-20(22)25(30-23)19-9-5-6-10-21(19)28/h2-12,15,23H,13-14,16H2,1H3,(H,29,31)/t23-/m0/s1. The maximum absolute atomic E-state index is 14.8. The van der Waals surface area contributed by atoms with Crippen molar-refractivity contribution >= 4 is 34.8 Å². The number of methoxy groups -OCH3 is 1. The van der Waals surface area contributed by atoms with Crippen LogP contribution in [0.25, 0.3) is 0 Å². The van der Waals surface area contributed by atoms with Crippen molar-refractivity contribution in [2.24, 2.45) is 9.98 Å². The molecule has 168 valence electrons. The Kier molecular flexibility index (Phi) is 7.15. The Labute approximate surface area is 197 Å². The van der Waals surface area contributed by atoms with E-state index in [9.17, 15) is 9.18 Å². The fraction of sp³-hybridized carbons (Fsp3) is 0.192. The van der Waals surface area contributed by atoms with E-state index in [1.807, 2.05) is 36.4 Å². The van der Waals surface area contributed by atoms with Crippen molar-refractivity contribution in [2.75, 3.05) is 12.4 Å². The van der Waals surface area contributed by atoms with Gasteiger partial charge in [-0.05, 0) is 42.3 Å². The van der Waals surface area contributed by atoms with Crippen LogP contribution < -0.4 is 5.32 Å². The number of halogens is 2. The zero-order chi connectivity index (χ0) is 23.2. The van der Waals surface area contributed by atoms with Crippen molar-refractivity contribution in [1.82, 2.24) is 0 Å². The maximum atomic E-state index is 14.8. The zero-order valence-corrected chi connectivity index (χ0v) is 18.8. The third-order valence-electron chi connectivity index (χ3n) is 5.35. The summed E-state index contributed by atoms with van der Waals surface area (Å²) in [6.07, 6.45) is 0.505. The van der Waals surface area contributed by atoms with Crippen LogP contribution in [0.2, 0.25) is 5.02 Å². The molecular formula is C26H23ClFN3O2. The van der Waals surface area contributed by atoms with Crippen LogP contribution in [0.1, 0.15) is 29.5 Å². The summed E-state index contributed by atoms with van der Waals surface area (Å²) >= 11 is 6.29. The molecule has 0 radical (unpaired) electrons. The molecule has 1 N–H and O–H groups in total. The average Bonchev–Trinajstić information content (AvgIpc) is 2.98. The van der Waals surface area contributed by atoms with Crippen molar-refractivity contribution in [2.45, 2.75) is 25.4 Å². The predicted octanol–water partition coefficient (Wildman–Crippen LogP) is 5.66. The summed E-state index contributed by atoms with van der Waals surface area (Å²) in [6.45, 7) is 0.436. The summed E-state index contributed by atoms with van der Waals surface area (Å²) in [7, 11) is 1.35. The number of rotatable bonds is 6. The number of anilines is 1. The largest absolute Gasteiger partial charge is 0.469 e. The van der Waals surface area contributed by atoms with Gasteiger partial charge in [0.2, 0.25) is 0 Å². The molecule has 0 aromatic heterocycles. The number of hydrogen-bond donors (Lipinski definition) is 1. The van der Waals surface area contributed by atoms with E-state index in [1.54, 1.807) is 30.3 Å². The summed E-state index contributed by atoms with van der Waals surface area (Å²) in [4.78, 5) is 21.6. The molecule has 0 aliphatic carbocycles. The second-order valence-corrected chi connectivity index (χ2v) is 8.03. The summed E-state index contributed by atoms with van der Waals surface area (Å²) in [6, 6.07) is 21.2. The number of benzodiazepines with no additional fused rings is 1. The van der Waals surface area contributed by atoms with Gasteiger partial charge in [0.1, 0.15) is 17.7 Å². The summed E-state index contributed by atoms with van der Waals surface area (Å²) in [5.41, 5.74) is 3.24. The number of fused-ring (bicyclic) bond motifs is 1. The second kappa shape index (κ2) is 10.4. The smallest absolute Gasteiger partial charge is 0.305 e. The Morgan fingerprint density at radius 1 is 1.09 bits per heavy atom. The molecule has 4 rings (SSSR count). The summed E-state index contributed by atoms with van der Waals surface area (Å²) in [5.74, 6) is -0.138. The van der Waals surface area contributed by atoms with Gasteiger partial charge in [0.05, 0.1) is 19.4 Å². The molecule has 33 heavy (non-hydrogen) atoms. The van der Waals surface area contributed by atoms with Gasteiger partial charge in [-0.15, -0.1) is 0 Å². The SMILES string of the molecule is COC(=O)CC[C@@H]1N=C(c2ccccc2F)c2cc(Cl)ccc2NC1=NCc1ccccc1. The van der Waals surface area contributed by atoms with E-state index >= 15 is 0 Å². The van der Waals surface area contributed by atoms with Gasteiger partial charge in [-0.1, -0.05) is 54.1 Å². The van der Waals surface area contributed by atoms with Crippen molar-refractivity contribution in [3.63, 3.8) is 0 Å². The quantitative estimate of drug-likeness (QED) is 0.479. The number of carbonyl (C=O) groups is 1. The van der Waals surface area contributed by atoms with Crippen molar-refractivity contribution < 1.29 is 13.9 Å². The molecule has 0 saturated heterocycles. The first-order valence-corrected chi connectivity index (χ1v) is 11.0. The van der Waals surface area contributed by atoms with Gasteiger partial charge in [0.25, 0.3) is 0 Å². The van der Waals surface area contributed by atoms with Crippen LogP contribution in [0.4, 0.5) is 10.1 Å². The van der Waals surface area contributed by atoms with Gasteiger partial charge >= 0.3 is 5.97 Å². The number of nitrogens with one attached hydrogen (secondary N) is 1. The van der Waals surface area contributed by atoms with Gasteiger partial charge in [0.15, 0.2) is 0 Å². The highest BCUT2D eigenvalue weighted by molar-refractivity contribution is 6.32. The third kappa shape index (κ3) is 5.46. The molecule has 1 aliphatic rings. The van der Waals surface area contributed by atoms with Gasteiger partial charge < -0.3 is 10.1 Å². The molecule has 1 aliphatic heterocycles. The lowest BCUT2D eigenvalue weighted by Gasteiger charge is -2.15. The minimum absolute atomic E-state index is 0.151. The predicted molar refractivity (Wildman–Crippen MR) is 130 cm³/mol. The highest BCUT2D eigenvalue weighted by Gasteiger charge is 2.26. The van der Waals surface area contributed by atoms with Crippen LogP contribution in [-0.4, -0.2) is 30.7 Å². The van der Waals surface area contributed by atoms with E-state index in [2.05, 4.69) is 5.32 Å². The van der Waals surface area contributed by atoms with E-state index < -0.39 is 11.9 Å². The Balaban J connectivity index is 1.82. The highest BCUT2D eigenvalue weighted by atomic mass is 35.5. The van der Waals surface area contributed by atoms with Crippen LogP contribution in [0.15, 0.2) is 82.8 Å². The lowest BCUT2D eigenvalue weighted by atomic mass is 10.00. The molecule has 3 aromatic carbocycles. The van der Waals surface area contributed by atoms with Crippen LogP contribution in [0, 0.1) is 5.82 Å². The second-order valence-electron chi connectivity index (χ2n) is 7.59. The number of esters is 1. The molecule has 0 bridgehead atoms. The van der Waals surface area contributed by atoms with Crippen molar-refractivity contribution in [1.29, 1.82) is 0 Å². The van der Waals surface area contributed by atoms with E-state index in [1.165, 1.54) is 13.2 Å². The van der Waals surface area contributed by atoms with E-state index in [4.69, 9.17) is 26.3 Å². The zero-order valence-electron chi connectivity index (χ0n) is 18.1. The van der Waals surface area contributed by atoms with E-state index in [0.29, 0.717) is 46.3 Å². The molecule has 1 heterocycles. The highest BCUT2D eigenvalue weighted by Crippen LogP contribution is 2.29. The lowest BCUT2D eigenvalue weighted by Crippen LogP contribution is -2.27. The molecule has 0 amide bonds. The molecule has 7 heteroatoms. The molecule has 0 spiro atoms. The number of ether oxygens (including phenoxy) is 1. The fourth-order valence-corrected chi connectivity index (χ4v) is 3.83. The third-order valence-corrected chi connectivity index (χ3v) is 5.59. The number of aliphatic imine (C=N–C) groups is 2. The normalized spacial score (nSPS) is 16.4. The number of benzene rings is 3. The molecule has 1 atom stereocenters. The monoisotopic (exact) mass is 463 g/mol. The lowest BCUT2D eigenvalue weighted by molar-refractivity contribution is -0.140. The topological polar surface area (TPSA) is 63.0 Å². The van der Waals surface area contributed by atoms with Gasteiger partial charge in [-0.2, -0.15) is 0 Å². The van der Waals surface area contributed by atoms with Crippen LogP contribution >= 0.6 is 11.6 Å². The average molecular weight is 464 g/mol. The van der Waals surface area contributed by atoms with Gasteiger partial charge in [0, 0.05) is 28.3 Å². The van der Waals surface area contributed by atoms with Crippen molar-refractivity contribution in [3.05, 3.63) is 100 Å². The summed E-state index contributed by atoms with van der Waals surface area (Å²) in [5, 5.41) is 3.88. The summed E-state index contributed by atoms with van der Waals surface area (Å²) < 4.78 is 19.6. The van der Waals surface area contributed by atoms with Crippen molar-refractivity contribution in [3.8, 4) is 0 Å². The Hall–Kier alpha value is -3.51. The minimum atomic E-state index is -0.506. The molecule has 0 saturated carbocycles. The molecule has 0 fully saturated rings. The molecule has 0 unspecified atom stereocenters. The first-order valence-electron chi connectivity index (χ1n) is 10.6. The number of carbonyl (C=O) groups excluding carboxylic acids is 1. The number of amidine groups is 1. The van der Waals surface area contributed by atoms with E-state index in [-0.39, 0.29) is 12.4 Å². The molecule has 3 aromatic rings.